The number of amides is 1. The fourth-order valence-corrected chi connectivity index (χ4v) is 3.44. The Kier molecular flexibility index (Phi) is 6.55. The lowest BCUT2D eigenvalue weighted by Gasteiger charge is -2.08. The van der Waals surface area contributed by atoms with Crippen LogP contribution in [0.2, 0.25) is 10.0 Å². The molecule has 3 aromatic rings. The van der Waals surface area contributed by atoms with Gasteiger partial charge in [0, 0.05) is 17.8 Å². The van der Waals surface area contributed by atoms with E-state index in [2.05, 4.69) is 22.1 Å². The summed E-state index contributed by atoms with van der Waals surface area (Å²) in [5.41, 5.74) is 1.55. The highest BCUT2D eigenvalue weighted by atomic mass is 35.5. The predicted octanol–water partition coefficient (Wildman–Crippen LogP) is 5.17. The van der Waals surface area contributed by atoms with E-state index in [-0.39, 0.29) is 11.7 Å². The molecule has 1 amide bonds. The number of allylic oxidation sites excluding steroid dienone is 1. The number of hydrogen-bond acceptors (Lipinski definition) is 4. The number of thioether (sulfide) groups is 1. The molecule has 0 aliphatic rings. The van der Waals surface area contributed by atoms with Gasteiger partial charge in [0.1, 0.15) is 0 Å². The minimum Gasteiger partial charge on any atom is -0.325 e. The maximum Gasteiger partial charge on any atom is 0.234 e. The molecule has 0 fully saturated rings. The van der Waals surface area contributed by atoms with Crippen molar-refractivity contribution in [1.82, 2.24) is 14.8 Å². The quantitative estimate of drug-likeness (QED) is 0.424. The van der Waals surface area contributed by atoms with Gasteiger partial charge in [0.05, 0.1) is 15.8 Å². The zero-order valence-corrected chi connectivity index (χ0v) is 16.6. The molecule has 0 saturated heterocycles. The largest absolute Gasteiger partial charge is 0.325 e. The Morgan fingerprint density at radius 1 is 1.15 bits per heavy atom. The fraction of sp³-hybridized carbons (Fsp3) is 0.105. The number of aromatic nitrogens is 3. The van der Waals surface area contributed by atoms with E-state index in [1.54, 1.807) is 24.3 Å². The fourth-order valence-electron chi connectivity index (χ4n) is 2.39. The van der Waals surface area contributed by atoms with Gasteiger partial charge in [0.2, 0.25) is 5.91 Å². The SMILES string of the molecule is C=CCn1c(SCC(=O)Nc2ccc(Cl)c(Cl)c2)nnc1-c1ccccc1. The van der Waals surface area contributed by atoms with Gasteiger partial charge in [-0.1, -0.05) is 71.4 Å². The molecule has 0 unspecified atom stereocenters. The highest BCUT2D eigenvalue weighted by molar-refractivity contribution is 7.99. The van der Waals surface area contributed by atoms with Crippen molar-refractivity contribution >= 4 is 46.6 Å². The van der Waals surface area contributed by atoms with Crippen molar-refractivity contribution in [3.63, 3.8) is 0 Å². The van der Waals surface area contributed by atoms with Crippen molar-refractivity contribution in [2.45, 2.75) is 11.7 Å². The first kappa shape index (κ1) is 19.5. The maximum absolute atomic E-state index is 12.2. The zero-order chi connectivity index (χ0) is 19.2. The Bertz CT molecular complexity index is 960. The summed E-state index contributed by atoms with van der Waals surface area (Å²) in [6, 6.07) is 14.7. The molecule has 0 aliphatic heterocycles. The molecule has 1 heterocycles. The van der Waals surface area contributed by atoms with Crippen LogP contribution in [0.1, 0.15) is 0 Å². The van der Waals surface area contributed by atoms with Gasteiger partial charge in [0.25, 0.3) is 0 Å². The van der Waals surface area contributed by atoms with Gasteiger partial charge in [-0.3, -0.25) is 9.36 Å². The van der Waals surface area contributed by atoms with Crippen LogP contribution in [0.3, 0.4) is 0 Å². The van der Waals surface area contributed by atoms with Crippen molar-refractivity contribution in [3.8, 4) is 11.4 Å². The average Bonchev–Trinajstić information content (AvgIpc) is 3.07. The smallest absolute Gasteiger partial charge is 0.234 e. The third kappa shape index (κ3) is 4.91. The van der Waals surface area contributed by atoms with Gasteiger partial charge < -0.3 is 5.32 Å². The van der Waals surface area contributed by atoms with Gasteiger partial charge in [0.15, 0.2) is 11.0 Å². The number of carbonyl (C=O) groups is 1. The summed E-state index contributed by atoms with van der Waals surface area (Å²) in [5, 5.41) is 12.8. The first-order chi connectivity index (χ1) is 13.1. The number of halogens is 2. The van der Waals surface area contributed by atoms with Crippen LogP contribution in [0.5, 0.6) is 0 Å². The Balaban J connectivity index is 1.70. The van der Waals surface area contributed by atoms with E-state index in [1.165, 1.54) is 11.8 Å². The van der Waals surface area contributed by atoms with Crippen molar-refractivity contribution in [1.29, 1.82) is 0 Å². The summed E-state index contributed by atoms with van der Waals surface area (Å²) >= 11 is 13.2. The van der Waals surface area contributed by atoms with Gasteiger partial charge in [-0.25, -0.2) is 0 Å². The standard InChI is InChI=1S/C19H16Cl2N4OS/c1-2-10-25-18(13-6-4-3-5-7-13)23-24-19(25)27-12-17(26)22-14-8-9-15(20)16(21)11-14/h2-9,11H,1,10,12H2,(H,22,26). The van der Waals surface area contributed by atoms with E-state index in [1.807, 2.05) is 34.9 Å². The predicted molar refractivity (Wildman–Crippen MR) is 111 cm³/mol. The van der Waals surface area contributed by atoms with Crippen LogP contribution in [-0.2, 0) is 11.3 Å². The number of nitrogens with zero attached hydrogens (tertiary/aromatic N) is 3. The van der Waals surface area contributed by atoms with Crippen LogP contribution in [0.15, 0.2) is 66.3 Å². The molecule has 3 rings (SSSR count). The number of hydrogen-bond donors (Lipinski definition) is 1. The van der Waals surface area contributed by atoms with E-state index >= 15 is 0 Å². The van der Waals surface area contributed by atoms with Crippen LogP contribution in [-0.4, -0.2) is 26.4 Å². The topological polar surface area (TPSA) is 59.8 Å². The molecular formula is C19H16Cl2N4OS. The Morgan fingerprint density at radius 3 is 2.63 bits per heavy atom. The summed E-state index contributed by atoms with van der Waals surface area (Å²) < 4.78 is 1.93. The molecule has 0 radical (unpaired) electrons. The minimum absolute atomic E-state index is 0.173. The summed E-state index contributed by atoms with van der Waals surface area (Å²) in [6.45, 7) is 4.34. The third-order valence-electron chi connectivity index (χ3n) is 3.60. The first-order valence-corrected chi connectivity index (χ1v) is 9.80. The monoisotopic (exact) mass is 418 g/mol. The third-order valence-corrected chi connectivity index (χ3v) is 5.30. The van der Waals surface area contributed by atoms with Crippen molar-refractivity contribution in [2.75, 3.05) is 11.1 Å². The Morgan fingerprint density at radius 2 is 1.93 bits per heavy atom. The number of anilines is 1. The van der Waals surface area contributed by atoms with E-state index < -0.39 is 0 Å². The molecule has 0 bridgehead atoms. The van der Waals surface area contributed by atoms with Crippen LogP contribution in [0, 0.1) is 0 Å². The highest BCUT2D eigenvalue weighted by Crippen LogP contribution is 2.26. The molecule has 1 N–H and O–H groups in total. The lowest BCUT2D eigenvalue weighted by atomic mass is 10.2. The summed E-state index contributed by atoms with van der Waals surface area (Å²) in [5.74, 6) is 0.750. The van der Waals surface area contributed by atoms with E-state index in [9.17, 15) is 4.79 Å². The van der Waals surface area contributed by atoms with E-state index in [0.29, 0.717) is 27.4 Å². The molecule has 1 aromatic heterocycles. The van der Waals surface area contributed by atoms with Crippen molar-refractivity contribution in [2.24, 2.45) is 0 Å². The molecule has 0 atom stereocenters. The first-order valence-electron chi connectivity index (χ1n) is 8.05. The Hall–Kier alpha value is -2.28. The lowest BCUT2D eigenvalue weighted by molar-refractivity contribution is -0.113. The number of nitrogens with one attached hydrogen (secondary N) is 1. The minimum atomic E-state index is -0.173. The molecule has 8 heteroatoms. The maximum atomic E-state index is 12.2. The normalized spacial score (nSPS) is 10.6. The highest BCUT2D eigenvalue weighted by Gasteiger charge is 2.15. The number of benzene rings is 2. The molecular weight excluding hydrogens is 403 g/mol. The second kappa shape index (κ2) is 9.08. The van der Waals surface area contributed by atoms with Crippen LogP contribution >= 0.6 is 35.0 Å². The van der Waals surface area contributed by atoms with Gasteiger partial charge in [-0.15, -0.1) is 16.8 Å². The van der Waals surface area contributed by atoms with Crippen molar-refractivity contribution < 1.29 is 4.79 Å². The molecule has 0 aliphatic carbocycles. The van der Waals surface area contributed by atoms with Gasteiger partial charge >= 0.3 is 0 Å². The number of rotatable bonds is 7. The average molecular weight is 419 g/mol. The molecule has 0 saturated carbocycles. The van der Waals surface area contributed by atoms with Crippen LogP contribution in [0.4, 0.5) is 5.69 Å². The van der Waals surface area contributed by atoms with Gasteiger partial charge in [-0.05, 0) is 18.2 Å². The van der Waals surface area contributed by atoms with E-state index in [4.69, 9.17) is 23.2 Å². The molecule has 2 aromatic carbocycles. The van der Waals surface area contributed by atoms with Gasteiger partial charge in [-0.2, -0.15) is 0 Å². The molecule has 5 nitrogen and oxygen atoms in total. The Labute approximate surface area is 171 Å². The zero-order valence-electron chi connectivity index (χ0n) is 14.2. The van der Waals surface area contributed by atoms with E-state index in [0.717, 1.165) is 11.4 Å². The summed E-state index contributed by atoms with van der Waals surface area (Å²) in [7, 11) is 0. The van der Waals surface area contributed by atoms with Crippen molar-refractivity contribution in [3.05, 3.63) is 71.2 Å². The summed E-state index contributed by atoms with van der Waals surface area (Å²) in [6.07, 6.45) is 1.77. The second-order valence-electron chi connectivity index (χ2n) is 5.54. The second-order valence-corrected chi connectivity index (χ2v) is 7.29. The summed E-state index contributed by atoms with van der Waals surface area (Å²) in [4.78, 5) is 12.2. The van der Waals surface area contributed by atoms with Crippen LogP contribution in [0.25, 0.3) is 11.4 Å². The van der Waals surface area contributed by atoms with Crippen LogP contribution < -0.4 is 5.32 Å². The molecule has 0 spiro atoms. The lowest BCUT2D eigenvalue weighted by Crippen LogP contribution is -2.14. The molecule has 138 valence electrons. The number of carbonyl (C=O) groups excluding carboxylic acids is 1. The molecule has 27 heavy (non-hydrogen) atoms.